The van der Waals surface area contributed by atoms with E-state index in [0.29, 0.717) is 23.7 Å². The second kappa shape index (κ2) is 4.98. The van der Waals surface area contributed by atoms with Crippen molar-refractivity contribution in [1.82, 2.24) is 0 Å². The van der Waals surface area contributed by atoms with Gasteiger partial charge < -0.3 is 0 Å². The van der Waals surface area contributed by atoms with E-state index in [0.717, 1.165) is 6.42 Å². The van der Waals surface area contributed by atoms with E-state index in [-0.39, 0.29) is 6.10 Å². The Labute approximate surface area is 104 Å². The Morgan fingerprint density at radius 3 is 2.82 bits per heavy atom. The Balaban J connectivity index is 2.23. The van der Waals surface area contributed by atoms with Gasteiger partial charge in [0.05, 0.1) is 0 Å². The lowest BCUT2D eigenvalue weighted by Gasteiger charge is -2.40. The molecule has 5 atom stereocenters. The minimum atomic E-state index is 0.0726. The summed E-state index contributed by atoms with van der Waals surface area (Å²) in [7, 11) is 0. The highest BCUT2D eigenvalue weighted by Gasteiger charge is 2.38. The van der Waals surface area contributed by atoms with Gasteiger partial charge in [-0.25, -0.2) is 0 Å². The molecule has 0 bridgehead atoms. The molecule has 2 heteroatoms. The quantitative estimate of drug-likeness (QED) is 0.413. The summed E-state index contributed by atoms with van der Waals surface area (Å²) in [5, 5.41) is 0. The molecule has 0 aliphatic heterocycles. The van der Waals surface area contributed by atoms with Crippen LogP contribution in [0.25, 0.3) is 0 Å². The third kappa shape index (κ3) is 2.40. The zero-order valence-corrected chi connectivity index (χ0v) is 10.7. The van der Waals surface area contributed by atoms with Crippen LogP contribution < -0.4 is 0 Å². The van der Waals surface area contributed by atoms with Gasteiger partial charge in [-0.15, -0.1) is 0 Å². The van der Waals surface area contributed by atoms with Crippen molar-refractivity contribution in [3.8, 4) is 12.5 Å². The molecule has 0 aromatic rings. The number of allylic oxidation sites excluding steroid dienone is 3. The van der Waals surface area contributed by atoms with Crippen LogP contribution in [0.15, 0.2) is 23.8 Å². The smallest absolute Gasteiger partial charge is 0.153 e. The summed E-state index contributed by atoms with van der Waals surface area (Å²) in [6.45, 7) is 6.72. The van der Waals surface area contributed by atoms with Crippen LogP contribution in [0.1, 0.15) is 27.2 Å². The van der Waals surface area contributed by atoms with Crippen molar-refractivity contribution >= 4 is 0 Å². The Kier molecular flexibility index (Phi) is 3.59. The molecule has 0 aromatic heterocycles. The van der Waals surface area contributed by atoms with Crippen molar-refractivity contribution in [2.75, 3.05) is 0 Å². The zero-order valence-electron chi connectivity index (χ0n) is 10.7. The van der Waals surface area contributed by atoms with E-state index in [1.54, 1.807) is 0 Å². The van der Waals surface area contributed by atoms with Gasteiger partial charge in [0.25, 0.3) is 0 Å². The molecular formula is C15H20O2. The first-order chi connectivity index (χ1) is 8.13. The molecule has 17 heavy (non-hydrogen) atoms. The lowest BCUT2D eigenvalue weighted by molar-refractivity contribution is -0.288. The van der Waals surface area contributed by atoms with Gasteiger partial charge in [0.1, 0.15) is 6.10 Å². The van der Waals surface area contributed by atoms with E-state index >= 15 is 0 Å². The average molecular weight is 232 g/mol. The van der Waals surface area contributed by atoms with E-state index in [9.17, 15) is 0 Å². The van der Waals surface area contributed by atoms with E-state index in [1.807, 2.05) is 0 Å². The monoisotopic (exact) mass is 232 g/mol. The molecule has 0 aromatic carbocycles. The van der Waals surface area contributed by atoms with Crippen LogP contribution in [-0.4, -0.2) is 6.10 Å². The van der Waals surface area contributed by atoms with Crippen molar-refractivity contribution in [3.63, 3.8) is 0 Å². The summed E-state index contributed by atoms with van der Waals surface area (Å²) in [4.78, 5) is 10.1. The van der Waals surface area contributed by atoms with Crippen LogP contribution in [-0.2, 0) is 9.78 Å². The predicted octanol–water partition coefficient (Wildman–Crippen LogP) is 3.32. The Bertz CT molecular complexity index is 375. The first kappa shape index (κ1) is 12.3. The molecule has 92 valence electrons. The van der Waals surface area contributed by atoms with Gasteiger partial charge in [0, 0.05) is 5.92 Å². The fourth-order valence-corrected chi connectivity index (χ4v) is 3.00. The maximum absolute atomic E-state index is 5.38. The number of hydrogen-bond donors (Lipinski definition) is 0. The minimum Gasteiger partial charge on any atom is -0.282 e. The summed E-state index contributed by atoms with van der Waals surface area (Å²) in [6, 6.07) is 0. The molecule has 2 rings (SSSR count). The van der Waals surface area contributed by atoms with Gasteiger partial charge in [0.15, 0.2) is 6.11 Å². The predicted molar refractivity (Wildman–Crippen MR) is 67.6 cm³/mol. The maximum atomic E-state index is 5.38. The largest absolute Gasteiger partial charge is 0.282 e. The molecule has 0 N–H and O–H groups in total. The molecule has 2 aliphatic rings. The molecule has 0 spiro atoms. The molecule has 0 heterocycles. The molecular weight excluding hydrogens is 212 g/mol. The third-order valence-electron chi connectivity index (χ3n) is 4.07. The van der Waals surface area contributed by atoms with E-state index in [1.165, 1.54) is 5.57 Å². The number of fused-ring (bicyclic) bond motifs is 1. The second-order valence-electron chi connectivity index (χ2n) is 5.32. The molecule has 0 radical (unpaired) electrons. The molecule has 0 saturated carbocycles. The van der Waals surface area contributed by atoms with Crippen LogP contribution in [0.3, 0.4) is 0 Å². The summed E-state index contributed by atoms with van der Waals surface area (Å²) in [5.41, 5.74) is 1.37. The van der Waals surface area contributed by atoms with Gasteiger partial charge in [-0.2, -0.15) is 4.89 Å². The lowest BCUT2D eigenvalue weighted by atomic mass is 9.68. The van der Waals surface area contributed by atoms with Crippen molar-refractivity contribution < 1.29 is 9.78 Å². The summed E-state index contributed by atoms with van der Waals surface area (Å²) in [5.74, 6) is 2.05. The lowest BCUT2D eigenvalue weighted by Crippen LogP contribution is -2.38. The normalized spacial score (nSPS) is 40.1. The Morgan fingerprint density at radius 2 is 2.12 bits per heavy atom. The Morgan fingerprint density at radius 1 is 1.35 bits per heavy atom. The molecule has 0 amide bonds. The van der Waals surface area contributed by atoms with Crippen molar-refractivity contribution in [2.24, 2.45) is 23.7 Å². The van der Waals surface area contributed by atoms with E-state index < -0.39 is 0 Å². The number of terminal acetylenes is 1. The first-order valence-electron chi connectivity index (χ1n) is 6.31. The zero-order chi connectivity index (χ0) is 12.4. The minimum absolute atomic E-state index is 0.0726. The van der Waals surface area contributed by atoms with E-state index in [2.05, 4.69) is 45.1 Å². The second-order valence-corrected chi connectivity index (χ2v) is 5.32. The topological polar surface area (TPSA) is 18.5 Å². The Hall–Kier alpha value is -1.20. The maximum Gasteiger partial charge on any atom is 0.153 e. The van der Waals surface area contributed by atoms with Crippen LogP contribution >= 0.6 is 0 Å². The van der Waals surface area contributed by atoms with Crippen molar-refractivity contribution in [3.05, 3.63) is 23.8 Å². The highest BCUT2D eigenvalue weighted by atomic mass is 17.2. The van der Waals surface area contributed by atoms with Crippen LogP contribution in [0.2, 0.25) is 0 Å². The molecule has 2 nitrogen and oxygen atoms in total. The molecule has 2 aliphatic carbocycles. The fourth-order valence-electron chi connectivity index (χ4n) is 3.00. The molecule has 0 saturated heterocycles. The number of hydrogen-bond acceptors (Lipinski definition) is 2. The highest BCUT2D eigenvalue weighted by molar-refractivity contribution is 5.30. The van der Waals surface area contributed by atoms with Gasteiger partial charge in [-0.1, -0.05) is 45.4 Å². The van der Waals surface area contributed by atoms with Crippen LogP contribution in [0.5, 0.6) is 0 Å². The summed E-state index contributed by atoms with van der Waals surface area (Å²) >= 11 is 0. The summed E-state index contributed by atoms with van der Waals surface area (Å²) < 4.78 is 0. The van der Waals surface area contributed by atoms with E-state index in [4.69, 9.17) is 16.2 Å². The van der Waals surface area contributed by atoms with Crippen LogP contribution in [0, 0.1) is 36.2 Å². The first-order valence-corrected chi connectivity index (χ1v) is 6.31. The summed E-state index contributed by atoms with van der Waals surface area (Å²) in [6.07, 6.45) is 15.1. The standard InChI is InChI=1S/C15H20O2/c1-5-16-17-14-9-10(2)8-13-7-6-11(3)12(4)15(13)14/h1,6-8,10-12,14-15H,9H2,2-4H3/t10?,11-,12-,14?,15?/m0/s1. The SMILES string of the molecule is C#COOC1CC(C)C=C2C=C[C@H](C)[C@H](C)C21. The van der Waals surface area contributed by atoms with Crippen molar-refractivity contribution in [2.45, 2.75) is 33.3 Å². The highest BCUT2D eigenvalue weighted by Crippen LogP contribution is 2.42. The van der Waals surface area contributed by atoms with Gasteiger partial charge in [0.2, 0.25) is 0 Å². The van der Waals surface area contributed by atoms with Gasteiger partial charge in [-0.05, 0) is 29.7 Å². The molecule has 0 fully saturated rings. The van der Waals surface area contributed by atoms with Gasteiger partial charge in [-0.3, -0.25) is 4.89 Å². The molecule has 3 unspecified atom stereocenters. The average Bonchev–Trinajstić information content (AvgIpc) is 2.30. The number of rotatable bonds is 2. The third-order valence-corrected chi connectivity index (χ3v) is 4.07. The van der Waals surface area contributed by atoms with Gasteiger partial charge >= 0.3 is 0 Å². The van der Waals surface area contributed by atoms with Crippen molar-refractivity contribution in [1.29, 1.82) is 0 Å². The van der Waals surface area contributed by atoms with Crippen LogP contribution in [0.4, 0.5) is 0 Å². The fraction of sp³-hybridized carbons (Fsp3) is 0.600.